The Kier molecular flexibility index (Phi) is 7.51. The number of rotatable bonds is 7. The molecular weight excluding hydrogens is 390 g/mol. The Morgan fingerprint density at radius 3 is 2.59 bits per heavy atom. The van der Waals surface area contributed by atoms with E-state index in [1.165, 1.54) is 23.7 Å². The van der Waals surface area contributed by atoms with E-state index in [0.717, 1.165) is 31.4 Å². The number of aromatic nitrogens is 3. The third-order valence-electron chi connectivity index (χ3n) is 4.95. The van der Waals surface area contributed by atoms with Crippen molar-refractivity contribution in [2.45, 2.75) is 50.8 Å². The Hall–Kier alpha value is -2.55. The van der Waals surface area contributed by atoms with Crippen LogP contribution in [0, 0.1) is 12.8 Å². The highest BCUT2D eigenvalue weighted by molar-refractivity contribution is 7.99. The fourth-order valence-corrected chi connectivity index (χ4v) is 3.87. The maximum Gasteiger partial charge on any atom is 0.248 e. The van der Waals surface area contributed by atoms with Crippen LogP contribution < -0.4 is 15.6 Å². The molecule has 0 saturated heterocycles. The summed E-state index contributed by atoms with van der Waals surface area (Å²) in [6.07, 6.45) is 5.11. The Balaban J connectivity index is 1.41. The van der Waals surface area contributed by atoms with Gasteiger partial charge in [-0.15, -0.1) is 10.2 Å². The van der Waals surface area contributed by atoms with Gasteiger partial charge in [0.05, 0.1) is 5.75 Å². The van der Waals surface area contributed by atoms with Gasteiger partial charge in [0, 0.05) is 13.0 Å². The highest BCUT2D eigenvalue weighted by atomic mass is 32.2. The molecule has 3 rings (SSSR count). The van der Waals surface area contributed by atoms with Gasteiger partial charge in [0.15, 0.2) is 11.0 Å². The van der Waals surface area contributed by atoms with E-state index in [0.29, 0.717) is 11.0 Å². The number of nitrogens with one attached hydrogen (secondary N) is 2. The van der Waals surface area contributed by atoms with Crippen molar-refractivity contribution in [3.63, 3.8) is 0 Å². The van der Waals surface area contributed by atoms with Crippen LogP contribution >= 0.6 is 11.8 Å². The largest absolute Gasteiger partial charge is 0.486 e. The summed E-state index contributed by atoms with van der Waals surface area (Å²) in [5.41, 5.74) is 6.19. The number of hydrazine groups is 1. The molecule has 1 fully saturated rings. The third kappa shape index (κ3) is 6.22. The minimum atomic E-state index is -0.278. The van der Waals surface area contributed by atoms with E-state index in [1.807, 2.05) is 38.2 Å². The van der Waals surface area contributed by atoms with Crippen molar-refractivity contribution in [3.8, 4) is 5.75 Å². The first-order valence-corrected chi connectivity index (χ1v) is 10.8. The van der Waals surface area contributed by atoms with Crippen molar-refractivity contribution < 1.29 is 14.3 Å². The SMILES string of the molecule is Cc1ccc(OCc2nnc(SCC(=O)NNC(=O)C3CCCCC3)n2C)cc1. The molecule has 1 aromatic heterocycles. The molecule has 156 valence electrons. The molecule has 9 heteroatoms. The zero-order valence-corrected chi connectivity index (χ0v) is 17.6. The lowest BCUT2D eigenvalue weighted by molar-refractivity contribution is -0.131. The molecule has 0 spiro atoms. The van der Waals surface area contributed by atoms with Crippen LogP contribution in [0.1, 0.15) is 43.5 Å². The van der Waals surface area contributed by atoms with Gasteiger partial charge in [0.2, 0.25) is 11.8 Å². The molecule has 0 bridgehead atoms. The maximum atomic E-state index is 12.1. The highest BCUT2D eigenvalue weighted by Crippen LogP contribution is 2.23. The van der Waals surface area contributed by atoms with Gasteiger partial charge in [-0.2, -0.15) is 0 Å². The van der Waals surface area contributed by atoms with Gasteiger partial charge in [-0.1, -0.05) is 48.7 Å². The standard InChI is InChI=1S/C20H27N5O3S/c1-14-8-10-16(11-9-14)28-12-17-21-24-20(25(17)2)29-13-18(26)22-23-19(27)15-6-4-3-5-7-15/h8-11,15H,3-7,12-13H2,1-2H3,(H,22,26)(H,23,27). The van der Waals surface area contributed by atoms with Crippen LogP contribution in [0.25, 0.3) is 0 Å². The van der Waals surface area contributed by atoms with Crippen molar-refractivity contribution in [2.75, 3.05) is 5.75 Å². The van der Waals surface area contributed by atoms with Crippen molar-refractivity contribution in [1.29, 1.82) is 0 Å². The Labute approximate surface area is 174 Å². The summed E-state index contributed by atoms with van der Waals surface area (Å²) in [5.74, 6) is 1.19. The van der Waals surface area contributed by atoms with E-state index in [4.69, 9.17) is 4.74 Å². The zero-order chi connectivity index (χ0) is 20.6. The molecule has 29 heavy (non-hydrogen) atoms. The lowest BCUT2D eigenvalue weighted by atomic mass is 9.89. The van der Waals surface area contributed by atoms with Crippen molar-refractivity contribution >= 4 is 23.6 Å². The topological polar surface area (TPSA) is 98.1 Å². The summed E-state index contributed by atoms with van der Waals surface area (Å²) in [6, 6.07) is 7.79. The van der Waals surface area contributed by atoms with Crippen LogP contribution in [0.3, 0.4) is 0 Å². The smallest absolute Gasteiger partial charge is 0.248 e. The first-order valence-electron chi connectivity index (χ1n) is 9.82. The number of aryl methyl sites for hydroxylation is 1. The third-order valence-corrected chi connectivity index (χ3v) is 5.97. The second kappa shape index (κ2) is 10.3. The van der Waals surface area contributed by atoms with Crippen molar-refractivity contribution in [1.82, 2.24) is 25.6 Å². The summed E-state index contributed by atoms with van der Waals surface area (Å²) >= 11 is 1.26. The van der Waals surface area contributed by atoms with E-state index in [2.05, 4.69) is 21.0 Å². The summed E-state index contributed by atoms with van der Waals surface area (Å²) in [6.45, 7) is 2.31. The van der Waals surface area contributed by atoms with Crippen molar-refractivity contribution in [3.05, 3.63) is 35.7 Å². The summed E-state index contributed by atoms with van der Waals surface area (Å²) in [4.78, 5) is 24.1. The molecule has 1 aliphatic rings. The molecule has 1 aliphatic carbocycles. The Morgan fingerprint density at radius 2 is 1.86 bits per heavy atom. The second-order valence-electron chi connectivity index (χ2n) is 7.22. The molecule has 2 N–H and O–H groups in total. The number of ether oxygens (including phenoxy) is 1. The van der Waals surface area contributed by atoms with E-state index in [9.17, 15) is 9.59 Å². The highest BCUT2D eigenvalue weighted by Gasteiger charge is 2.21. The number of carbonyl (C=O) groups is 2. The predicted octanol–water partition coefficient (Wildman–Crippen LogP) is 2.52. The lowest BCUT2D eigenvalue weighted by Gasteiger charge is -2.20. The molecule has 2 amide bonds. The van der Waals surface area contributed by atoms with Crippen LogP contribution in [-0.2, 0) is 23.2 Å². The van der Waals surface area contributed by atoms with E-state index in [1.54, 1.807) is 4.57 Å². The van der Waals surface area contributed by atoms with Gasteiger partial charge < -0.3 is 9.30 Å². The van der Waals surface area contributed by atoms with Crippen LogP contribution in [0.4, 0.5) is 0 Å². The monoisotopic (exact) mass is 417 g/mol. The fourth-order valence-electron chi connectivity index (χ4n) is 3.14. The molecule has 0 unspecified atom stereocenters. The maximum absolute atomic E-state index is 12.1. The molecule has 0 radical (unpaired) electrons. The van der Waals surface area contributed by atoms with Gasteiger partial charge >= 0.3 is 0 Å². The zero-order valence-electron chi connectivity index (χ0n) is 16.8. The van der Waals surface area contributed by atoms with Crippen LogP contribution in [0.2, 0.25) is 0 Å². The first kappa shape index (κ1) is 21.2. The molecule has 0 atom stereocenters. The van der Waals surface area contributed by atoms with Crippen LogP contribution in [-0.4, -0.2) is 32.3 Å². The number of hydrogen-bond acceptors (Lipinski definition) is 6. The van der Waals surface area contributed by atoms with Gasteiger partial charge in [-0.3, -0.25) is 20.4 Å². The number of carbonyl (C=O) groups excluding carboxylic acids is 2. The summed E-state index contributed by atoms with van der Waals surface area (Å²) in [5, 5.41) is 8.85. The number of nitrogens with zero attached hydrogens (tertiary/aromatic N) is 3. The first-order chi connectivity index (χ1) is 14.0. The average molecular weight is 418 g/mol. The molecule has 0 aliphatic heterocycles. The predicted molar refractivity (Wildman–Crippen MR) is 110 cm³/mol. The number of benzene rings is 1. The lowest BCUT2D eigenvalue weighted by Crippen LogP contribution is -2.45. The molecule has 1 heterocycles. The normalized spacial score (nSPS) is 14.4. The number of amides is 2. The van der Waals surface area contributed by atoms with Gasteiger partial charge in [0.25, 0.3) is 0 Å². The van der Waals surface area contributed by atoms with Crippen molar-refractivity contribution in [2.24, 2.45) is 13.0 Å². The van der Waals surface area contributed by atoms with Gasteiger partial charge in [-0.05, 0) is 31.9 Å². The number of hydrogen-bond donors (Lipinski definition) is 2. The van der Waals surface area contributed by atoms with E-state index in [-0.39, 0.29) is 30.1 Å². The molecule has 8 nitrogen and oxygen atoms in total. The summed E-state index contributed by atoms with van der Waals surface area (Å²) in [7, 11) is 1.83. The minimum absolute atomic E-state index is 0.00605. The Morgan fingerprint density at radius 1 is 1.14 bits per heavy atom. The van der Waals surface area contributed by atoms with Crippen LogP contribution in [0.15, 0.2) is 29.4 Å². The van der Waals surface area contributed by atoms with E-state index < -0.39 is 0 Å². The minimum Gasteiger partial charge on any atom is -0.486 e. The molecular formula is C20H27N5O3S. The fraction of sp³-hybridized carbons (Fsp3) is 0.500. The molecule has 1 aromatic carbocycles. The van der Waals surface area contributed by atoms with Crippen LogP contribution in [0.5, 0.6) is 5.75 Å². The quantitative estimate of drug-likeness (QED) is 0.531. The second-order valence-corrected chi connectivity index (χ2v) is 8.16. The molecule has 2 aromatic rings. The molecule has 1 saturated carbocycles. The Bertz CT molecular complexity index is 831. The van der Waals surface area contributed by atoms with E-state index >= 15 is 0 Å². The van der Waals surface area contributed by atoms with Gasteiger partial charge in [0.1, 0.15) is 12.4 Å². The summed E-state index contributed by atoms with van der Waals surface area (Å²) < 4.78 is 7.53. The number of thioether (sulfide) groups is 1. The van der Waals surface area contributed by atoms with Gasteiger partial charge in [-0.25, -0.2) is 0 Å². The average Bonchev–Trinajstić information content (AvgIpc) is 3.10.